The number of rotatable bonds is 6. The van der Waals surface area contributed by atoms with Crippen molar-refractivity contribution in [1.82, 2.24) is 0 Å². The van der Waals surface area contributed by atoms with E-state index in [0.717, 1.165) is 88.9 Å². The van der Waals surface area contributed by atoms with Gasteiger partial charge in [-0.3, -0.25) is 9.59 Å². The highest BCUT2D eigenvalue weighted by Gasteiger charge is 2.22. The molecule has 8 heteroatoms. The van der Waals surface area contributed by atoms with Crippen molar-refractivity contribution in [3.8, 4) is 0 Å². The molecule has 0 unspecified atom stereocenters. The molecule has 0 bridgehead atoms. The van der Waals surface area contributed by atoms with Gasteiger partial charge in [-0.05, 0) is 144 Å². The quantitative estimate of drug-likeness (QED) is 0.206. The fraction of sp³-hybridized carbons (Fsp3) is 0.435. The summed E-state index contributed by atoms with van der Waals surface area (Å²) in [5, 5.41) is 7.01. The van der Waals surface area contributed by atoms with Crippen LogP contribution >= 0.6 is 11.6 Å². The molecule has 54 heavy (non-hydrogen) atoms. The van der Waals surface area contributed by atoms with E-state index in [4.69, 9.17) is 11.6 Å². The van der Waals surface area contributed by atoms with Crippen molar-refractivity contribution in [2.45, 2.75) is 108 Å². The lowest BCUT2D eigenvalue weighted by atomic mass is 9.92. The van der Waals surface area contributed by atoms with Crippen LogP contribution in [0.4, 0.5) is 27.1 Å². The zero-order chi connectivity index (χ0) is 39.5. The molecular weight excluding hydrogens is 695 g/mol. The molecule has 0 aliphatic carbocycles. The number of hydrogen-bond donors (Lipinski definition) is 2. The molecule has 4 aromatic rings. The second-order valence-corrected chi connectivity index (χ2v) is 18.1. The van der Waals surface area contributed by atoms with Crippen LogP contribution in [-0.4, -0.2) is 24.9 Å². The molecule has 4 aromatic carbocycles. The SMILES string of the molecule is Cc1cc(N2CCc3cc(Cl)ccc3C2)cc(C)c1NC(=O)CC(C)(C)C.Cc1cc(N2CCc3cc(F)ccc3C2)cc(C)c1NC(=O)CC(C)(C)C. The van der Waals surface area contributed by atoms with Crippen molar-refractivity contribution in [3.05, 3.63) is 116 Å². The van der Waals surface area contributed by atoms with Crippen molar-refractivity contribution >= 4 is 46.2 Å². The molecule has 2 amide bonds. The Morgan fingerprint density at radius 1 is 0.611 bits per heavy atom. The van der Waals surface area contributed by atoms with Crippen molar-refractivity contribution < 1.29 is 14.0 Å². The lowest BCUT2D eigenvalue weighted by molar-refractivity contribution is -0.118. The van der Waals surface area contributed by atoms with E-state index in [1.165, 1.54) is 28.4 Å². The number of nitrogens with zero attached hydrogens (tertiary/aromatic N) is 2. The highest BCUT2D eigenvalue weighted by Crippen LogP contribution is 2.34. The van der Waals surface area contributed by atoms with Crippen molar-refractivity contribution in [2.75, 3.05) is 33.5 Å². The highest BCUT2D eigenvalue weighted by atomic mass is 35.5. The van der Waals surface area contributed by atoms with Crippen LogP contribution in [0.25, 0.3) is 0 Å². The summed E-state index contributed by atoms with van der Waals surface area (Å²) in [6, 6.07) is 19.9. The number of amides is 2. The van der Waals surface area contributed by atoms with Gasteiger partial charge in [0, 0.05) is 66.8 Å². The first kappa shape index (κ1) is 40.8. The van der Waals surface area contributed by atoms with E-state index in [9.17, 15) is 14.0 Å². The van der Waals surface area contributed by atoms with Gasteiger partial charge in [0.25, 0.3) is 0 Å². The molecule has 0 fully saturated rings. The van der Waals surface area contributed by atoms with E-state index in [-0.39, 0.29) is 28.5 Å². The summed E-state index contributed by atoms with van der Waals surface area (Å²) in [5.41, 5.74) is 13.5. The van der Waals surface area contributed by atoms with Gasteiger partial charge in [0.15, 0.2) is 0 Å². The molecular formula is C46H58ClFN4O2. The molecule has 0 aromatic heterocycles. The number of nitrogens with one attached hydrogen (secondary N) is 2. The van der Waals surface area contributed by atoms with Gasteiger partial charge < -0.3 is 20.4 Å². The van der Waals surface area contributed by atoms with E-state index < -0.39 is 0 Å². The average Bonchev–Trinajstić information content (AvgIpc) is 3.06. The molecule has 0 spiro atoms. The third-order valence-electron chi connectivity index (χ3n) is 10.0. The second-order valence-electron chi connectivity index (χ2n) is 17.6. The Labute approximate surface area is 327 Å². The Kier molecular flexibility index (Phi) is 12.5. The van der Waals surface area contributed by atoms with Crippen molar-refractivity contribution in [1.29, 1.82) is 0 Å². The fourth-order valence-electron chi connectivity index (χ4n) is 7.46. The second kappa shape index (κ2) is 16.6. The Hall–Kier alpha value is -4.36. The first-order valence-corrected chi connectivity index (χ1v) is 19.5. The predicted molar refractivity (Wildman–Crippen MR) is 225 cm³/mol. The lowest BCUT2D eigenvalue weighted by Gasteiger charge is -2.32. The first-order valence-electron chi connectivity index (χ1n) is 19.1. The minimum Gasteiger partial charge on any atom is -0.367 e. The maximum atomic E-state index is 13.4. The van der Waals surface area contributed by atoms with Gasteiger partial charge in [-0.1, -0.05) is 65.3 Å². The molecule has 2 heterocycles. The van der Waals surface area contributed by atoms with Crippen LogP contribution in [0.1, 0.15) is 98.9 Å². The number of benzene rings is 4. The fourth-order valence-corrected chi connectivity index (χ4v) is 7.65. The number of fused-ring (bicyclic) bond motifs is 2. The number of carbonyl (C=O) groups is 2. The summed E-state index contributed by atoms with van der Waals surface area (Å²) in [5.74, 6) is -0.0372. The summed E-state index contributed by atoms with van der Waals surface area (Å²) in [7, 11) is 0. The number of anilines is 4. The highest BCUT2D eigenvalue weighted by molar-refractivity contribution is 6.30. The van der Waals surface area contributed by atoms with Crippen LogP contribution < -0.4 is 20.4 Å². The van der Waals surface area contributed by atoms with Gasteiger partial charge >= 0.3 is 0 Å². The van der Waals surface area contributed by atoms with E-state index in [0.29, 0.717) is 12.8 Å². The van der Waals surface area contributed by atoms with Gasteiger partial charge in [0.05, 0.1) is 0 Å². The van der Waals surface area contributed by atoms with E-state index in [1.54, 1.807) is 6.07 Å². The third-order valence-corrected chi connectivity index (χ3v) is 10.3. The molecule has 0 radical (unpaired) electrons. The predicted octanol–water partition coefficient (Wildman–Crippen LogP) is 11.3. The van der Waals surface area contributed by atoms with Crippen LogP contribution in [0.15, 0.2) is 60.7 Å². The van der Waals surface area contributed by atoms with Gasteiger partial charge in [0.2, 0.25) is 11.8 Å². The molecule has 0 atom stereocenters. The standard InChI is InChI=1S/C23H29ClN2O.C23H29FN2O/c2*1-15-10-20(11-16(2)22(15)25-21(27)13-23(3,4)5)26-9-8-17-12-19(24)7-6-18(17)14-26/h2*6-7,10-12H,8-9,13-14H2,1-5H3,(H,25,27). The average molecular weight is 753 g/mol. The molecule has 2 N–H and O–H groups in total. The zero-order valence-electron chi connectivity index (χ0n) is 33.9. The van der Waals surface area contributed by atoms with Gasteiger partial charge in [-0.2, -0.15) is 0 Å². The summed E-state index contributed by atoms with van der Waals surface area (Å²) in [6.45, 7) is 24.2. The summed E-state index contributed by atoms with van der Waals surface area (Å²) in [4.78, 5) is 29.4. The maximum absolute atomic E-state index is 13.4. The minimum atomic E-state index is -0.163. The number of aryl methyl sites for hydroxylation is 4. The normalized spacial score (nSPS) is 14.1. The Balaban J connectivity index is 0.000000208. The Morgan fingerprint density at radius 2 is 1.00 bits per heavy atom. The topological polar surface area (TPSA) is 64.7 Å². The van der Waals surface area contributed by atoms with Crippen LogP contribution in [0.2, 0.25) is 5.02 Å². The Morgan fingerprint density at radius 3 is 1.41 bits per heavy atom. The van der Waals surface area contributed by atoms with E-state index >= 15 is 0 Å². The van der Waals surface area contributed by atoms with Crippen LogP contribution in [0.5, 0.6) is 0 Å². The molecule has 288 valence electrons. The summed E-state index contributed by atoms with van der Waals surface area (Å²) < 4.78 is 13.4. The first-order chi connectivity index (χ1) is 25.2. The number of hydrogen-bond acceptors (Lipinski definition) is 4. The van der Waals surface area contributed by atoms with Crippen LogP contribution in [0, 0.1) is 44.3 Å². The third kappa shape index (κ3) is 10.9. The Bertz CT molecular complexity index is 1840. The largest absolute Gasteiger partial charge is 0.367 e. The van der Waals surface area contributed by atoms with Crippen LogP contribution in [-0.2, 0) is 35.5 Å². The van der Waals surface area contributed by atoms with E-state index in [2.05, 4.69) is 112 Å². The molecule has 2 aliphatic rings. The lowest BCUT2D eigenvalue weighted by Crippen LogP contribution is -2.30. The molecule has 6 rings (SSSR count). The summed E-state index contributed by atoms with van der Waals surface area (Å²) >= 11 is 6.12. The van der Waals surface area contributed by atoms with Crippen molar-refractivity contribution in [2.24, 2.45) is 10.8 Å². The maximum Gasteiger partial charge on any atom is 0.224 e. The van der Waals surface area contributed by atoms with Crippen molar-refractivity contribution in [3.63, 3.8) is 0 Å². The molecule has 0 saturated heterocycles. The molecule has 0 saturated carbocycles. The minimum absolute atomic E-state index is 0.0179. The molecule has 2 aliphatic heterocycles. The summed E-state index contributed by atoms with van der Waals surface area (Å²) in [6.07, 6.45) is 2.85. The number of carbonyl (C=O) groups excluding carboxylic acids is 2. The smallest absolute Gasteiger partial charge is 0.224 e. The molecule has 6 nitrogen and oxygen atoms in total. The van der Waals surface area contributed by atoms with Gasteiger partial charge in [-0.15, -0.1) is 0 Å². The van der Waals surface area contributed by atoms with E-state index in [1.807, 2.05) is 26.0 Å². The zero-order valence-corrected chi connectivity index (χ0v) is 34.7. The van der Waals surface area contributed by atoms with Gasteiger partial charge in [-0.25, -0.2) is 4.39 Å². The number of halogens is 2. The van der Waals surface area contributed by atoms with Crippen LogP contribution in [0.3, 0.4) is 0 Å². The monoisotopic (exact) mass is 752 g/mol. The van der Waals surface area contributed by atoms with Gasteiger partial charge in [0.1, 0.15) is 5.82 Å².